The molecule has 162 valence electrons. The molecule has 1 N–H and O–H groups in total. The van der Waals surface area contributed by atoms with Crippen LogP contribution in [0.3, 0.4) is 0 Å². The zero-order valence-corrected chi connectivity index (χ0v) is 18.6. The standard InChI is InChI=1S/C29H30N2O/c32-27(20-21-12-6-5-7-13-21)31-29-24-16-10-11-17-25(24)30-26-19-18-22-14-8-3-1-2-4-9-15-23(22)28(26)29/h5-7,10-13,16-19H,1-4,8-9,14-15,20H2,(H,30,31,32). The van der Waals surface area contributed by atoms with Crippen LogP contribution in [0.15, 0.2) is 66.7 Å². The first kappa shape index (κ1) is 20.7. The highest BCUT2D eigenvalue weighted by molar-refractivity contribution is 6.14. The van der Waals surface area contributed by atoms with Gasteiger partial charge in [0, 0.05) is 10.8 Å². The normalized spacial score (nSPS) is 14.8. The number of rotatable bonds is 3. The Balaban J connectivity index is 1.64. The van der Waals surface area contributed by atoms with Gasteiger partial charge in [-0.3, -0.25) is 4.79 Å². The van der Waals surface area contributed by atoms with E-state index in [1.54, 1.807) is 0 Å². The van der Waals surface area contributed by atoms with Gasteiger partial charge >= 0.3 is 0 Å². The van der Waals surface area contributed by atoms with Gasteiger partial charge in [0.15, 0.2) is 0 Å². The molecule has 32 heavy (non-hydrogen) atoms. The van der Waals surface area contributed by atoms with Crippen LogP contribution in [0.5, 0.6) is 0 Å². The topological polar surface area (TPSA) is 42.0 Å². The molecule has 3 aromatic carbocycles. The number of aromatic nitrogens is 1. The van der Waals surface area contributed by atoms with Crippen molar-refractivity contribution in [1.82, 2.24) is 4.98 Å². The van der Waals surface area contributed by atoms with E-state index >= 15 is 0 Å². The molecule has 0 unspecified atom stereocenters. The number of pyridine rings is 1. The number of hydrogen-bond donors (Lipinski definition) is 1. The van der Waals surface area contributed by atoms with Gasteiger partial charge in [-0.2, -0.15) is 0 Å². The number of para-hydroxylation sites is 1. The summed E-state index contributed by atoms with van der Waals surface area (Å²) < 4.78 is 0. The molecule has 0 saturated heterocycles. The number of anilines is 1. The Morgan fingerprint density at radius 1 is 0.750 bits per heavy atom. The Labute approximate surface area is 189 Å². The summed E-state index contributed by atoms with van der Waals surface area (Å²) in [7, 11) is 0. The lowest BCUT2D eigenvalue weighted by molar-refractivity contribution is -0.115. The van der Waals surface area contributed by atoms with Gasteiger partial charge in [0.1, 0.15) is 0 Å². The van der Waals surface area contributed by atoms with Gasteiger partial charge < -0.3 is 5.32 Å². The maximum atomic E-state index is 13.1. The summed E-state index contributed by atoms with van der Waals surface area (Å²) in [4.78, 5) is 18.1. The average Bonchev–Trinajstić information content (AvgIpc) is 2.82. The van der Waals surface area contributed by atoms with E-state index in [1.807, 2.05) is 48.5 Å². The number of aryl methyl sites for hydroxylation is 2. The van der Waals surface area contributed by atoms with E-state index in [4.69, 9.17) is 4.98 Å². The Morgan fingerprint density at radius 3 is 2.31 bits per heavy atom. The van der Waals surface area contributed by atoms with Crippen LogP contribution >= 0.6 is 0 Å². The molecule has 0 fully saturated rings. The molecule has 1 heterocycles. The molecule has 0 aliphatic heterocycles. The van der Waals surface area contributed by atoms with Crippen LogP contribution in [0.2, 0.25) is 0 Å². The molecular weight excluding hydrogens is 392 g/mol. The van der Waals surface area contributed by atoms with Crippen LogP contribution in [0, 0.1) is 0 Å². The number of nitrogens with zero attached hydrogens (tertiary/aromatic N) is 1. The van der Waals surface area contributed by atoms with Gasteiger partial charge in [-0.15, -0.1) is 0 Å². The third-order valence-corrected chi connectivity index (χ3v) is 6.65. The van der Waals surface area contributed by atoms with Gasteiger partial charge in [-0.1, -0.05) is 80.3 Å². The summed E-state index contributed by atoms with van der Waals surface area (Å²) in [5.41, 5.74) is 6.67. The van der Waals surface area contributed by atoms with Crippen molar-refractivity contribution in [1.29, 1.82) is 0 Å². The summed E-state index contributed by atoms with van der Waals surface area (Å²) in [6.07, 6.45) is 10.2. The van der Waals surface area contributed by atoms with Crippen molar-refractivity contribution >= 4 is 33.4 Å². The fourth-order valence-electron chi connectivity index (χ4n) is 5.04. The van der Waals surface area contributed by atoms with Gasteiger partial charge in [-0.05, 0) is 54.5 Å². The van der Waals surface area contributed by atoms with Crippen molar-refractivity contribution in [3.63, 3.8) is 0 Å². The molecule has 1 aromatic heterocycles. The number of carbonyl (C=O) groups is 1. The number of amides is 1. The van der Waals surface area contributed by atoms with Crippen LogP contribution < -0.4 is 5.32 Å². The van der Waals surface area contributed by atoms with Crippen molar-refractivity contribution in [3.05, 3.63) is 83.4 Å². The molecule has 0 radical (unpaired) electrons. The third kappa shape index (κ3) is 4.38. The number of fused-ring (bicyclic) bond motifs is 4. The molecule has 1 amide bonds. The molecule has 3 heteroatoms. The van der Waals surface area contributed by atoms with E-state index in [9.17, 15) is 4.79 Å². The van der Waals surface area contributed by atoms with Crippen molar-refractivity contribution in [3.8, 4) is 0 Å². The zero-order valence-electron chi connectivity index (χ0n) is 18.6. The molecule has 4 aromatic rings. The van der Waals surface area contributed by atoms with E-state index in [0.717, 1.165) is 45.9 Å². The minimum absolute atomic E-state index is 0.0197. The lowest BCUT2D eigenvalue weighted by Crippen LogP contribution is -2.16. The molecular formula is C29H30N2O. The lowest BCUT2D eigenvalue weighted by atomic mass is 9.90. The molecule has 1 aliphatic carbocycles. The van der Waals surface area contributed by atoms with E-state index in [1.165, 1.54) is 49.7 Å². The highest BCUT2D eigenvalue weighted by Crippen LogP contribution is 2.36. The summed E-state index contributed by atoms with van der Waals surface area (Å²) in [6.45, 7) is 0. The molecule has 3 nitrogen and oxygen atoms in total. The van der Waals surface area contributed by atoms with Gasteiger partial charge in [0.25, 0.3) is 0 Å². The van der Waals surface area contributed by atoms with Gasteiger partial charge in [0.2, 0.25) is 5.91 Å². The minimum Gasteiger partial charge on any atom is -0.325 e. The summed E-state index contributed by atoms with van der Waals surface area (Å²) in [5.74, 6) is 0.0197. The van der Waals surface area contributed by atoms with Crippen molar-refractivity contribution in [2.45, 2.75) is 57.8 Å². The molecule has 0 bridgehead atoms. The van der Waals surface area contributed by atoms with Crippen LogP contribution in [0.4, 0.5) is 5.69 Å². The fourth-order valence-corrected chi connectivity index (χ4v) is 5.04. The SMILES string of the molecule is O=C(Cc1ccccc1)Nc1c2ccccc2nc2ccc3c(c12)CCCCCCCC3. The Kier molecular flexibility index (Phi) is 6.15. The van der Waals surface area contributed by atoms with Crippen LogP contribution in [-0.2, 0) is 24.1 Å². The summed E-state index contributed by atoms with van der Waals surface area (Å²) in [5, 5.41) is 5.47. The summed E-state index contributed by atoms with van der Waals surface area (Å²) in [6, 6.07) is 22.5. The second-order valence-electron chi connectivity index (χ2n) is 8.93. The molecule has 1 aliphatic rings. The number of nitrogens with one attached hydrogen (secondary N) is 1. The van der Waals surface area contributed by atoms with Gasteiger partial charge in [-0.25, -0.2) is 4.98 Å². The predicted octanol–water partition coefficient (Wildman–Crippen LogP) is 7.01. The lowest BCUT2D eigenvalue weighted by Gasteiger charge is -2.19. The largest absolute Gasteiger partial charge is 0.325 e. The van der Waals surface area contributed by atoms with E-state index in [0.29, 0.717) is 6.42 Å². The first-order chi connectivity index (χ1) is 15.8. The second-order valence-corrected chi connectivity index (χ2v) is 8.93. The van der Waals surface area contributed by atoms with Crippen LogP contribution in [0.1, 0.15) is 55.2 Å². The first-order valence-corrected chi connectivity index (χ1v) is 12.0. The second kappa shape index (κ2) is 9.52. The average molecular weight is 423 g/mol. The fraction of sp³-hybridized carbons (Fsp3) is 0.310. The maximum absolute atomic E-state index is 13.1. The highest BCUT2D eigenvalue weighted by atomic mass is 16.1. The van der Waals surface area contributed by atoms with Crippen molar-refractivity contribution < 1.29 is 4.79 Å². The quantitative estimate of drug-likeness (QED) is 0.361. The molecule has 0 spiro atoms. The first-order valence-electron chi connectivity index (χ1n) is 12.0. The van der Waals surface area contributed by atoms with Crippen molar-refractivity contribution in [2.75, 3.05) is 5.32 Å². The molecule has 0 saturated carbocycles. The molecule has 5 rings (SSSR count). The monoisotopic (exact) mass is 422 g/mol. The maximum Gasteiger partial charge on any atom is 0.228 e. The third-order valence-electron chi connectivity index (χ3n) is 6.65. The number of carbonyl (C=O) groups excluding carboxylic acids is 1. The summed E-state index contributed by atoms with van der Waals surface area (Å²) >= 11 is 0. The highest BCUT2D eigenvalue weighted by Gasteiger charge is 2.18. The Bertz CT molecular complexity index is 1250. The predicted molar refractivity (Wildman–Crippen MR) is 133 cm³/mol. The van der Waals surface area contributed by atoms with Crippen LogP contribution in [-0.4, -0.2) is 10.9 Å². The Morgan fingerprint density at radius 2 is 1.47 bits per heavy atom. The van der Waals surface area contributed by atoms with Gasteiger partial charge in [0.05, 0.1) is 23.1 Å². The smallest absolute Gasteiger partial charge is 0.228 e. The van der Waals surface area contributed by atoms with Crippen molar-refractivity contribution in [2.24, 2.45) is 0 Å². The van der Waals surface area contributed by atoms with Crippen LogP contribution in [0.25, 0.3) is 21.8 Å². The van der Waals surface area contributed by atoms with E-state index < -0.39 is 0 Å². The number of hydrogen-bond acceptors (Lipinski definition) is 2. The molecule has 0 atom stereocenters. The zero-order chi connectivity index (χ0) is 21.8. The minimum atomic E-state index is 0.0197. The van der Waals surface area contributed by atoms with E-state index in [-0.39, 0.29) is 5.91 Å². The van der Waals surface area contributed by atoms with E-state index in [2.05, 4.69) is 23.5 Å². The number of benzene rings is 3. The Hall–Kier alpha value is -3.20.